The van der Waals surface area contributed by atoms with Crippen LogP contribution in [0.15, 0.2) is 24.3 Å². The lowest BCUT2D eigenvalue weighted by Crippen LogP contribution is -2.40. The molecule has 1 aromatic rings. The second-order valence-electron chi connectivity index (χ2n) is 6.34. The molecule has 3 heteroatoms. The van der Waals surface area contributed by atoms with E-state index in [0.717, 1.165) is 12.0 Å². The van der Waals surface area contributed by atoms with E-state index in [9.17, 15) is 4.79 Å². The van der Waals surface area contributed by atoms with E-state index < -0.39 is 0 Å². The molecular formula is C16H23NO2. The summed E-state index contributed by atoms with van der Waals surface area (Å²) in [6.07, 6.45) is 1.03. The molecule has 0 saturated carbocycles. The van der Waals surface area contributed by atoms with Crippen molar-refractivity contribution < 1.29 is 9.53 Å². The van der Waals surface area contributed by atoms with Crippen molar-refractivity contribution in [3.63, 3.8) is 0 Å². The van der Waals surface area contributed by atoms with Crippen LogP contribution in [0.5, 0.6) is 0 Å². The quantitative estimate of drug-likeness (QED) is 0.819. The molecule has 1 fully saturated rings. The minimum Gasteiger partial charge on any atom is -0.378 e. The molecule has 0 radical (unpaired) electrons. The van der Waals surface area contributed by atoms with Crippen molar-refractivity contribution >= 4 is 5.91 Å². The first-order valence-corrected chi connectivity index (χ1v) is 6.92. The van der Waals surface area contributed by atoms with E-state index in [4.69, 9.17) is 4.74 Å². The van der Waals surface area contributed by atoms with Crippen LogP contribution in [-0.4, -0.2) is 37.1 Å². The molecule has 0 N–H and O–H groups in total. The summed E-state index contributed by atoms with van der Waals surface area (Å²) < 4.78 is 5.27. The first-order chi connectivity index (χ1) is 8.96. The number of hydrogen-bond donors (Lipinski definition) is 0. The Kier molecular flexibility index (Phi) is 4.25. The van der Waals surface area contributed by atoms with Gasteiger partial charge >= 0.3 is 0 Å². The number of ether oxygens (including phenoxy) is 1. The van der Waals surface area contributed by atoms with Gasteiger partial charge in [-0.05, 0) is 29.5 Å². The fourth-order valence-electron chi connectivity index (χ4n) is 2.33. The van der Waals surface area contributed by atoms with Gasteiger partial charge in [-0.2, -0.15) is 0 Å². The first kappa shape index (κ1) is 14.1. The molecule has 0 aliphatic carbocycles. The maximum absolute atomic E-state index is 12.3. The maximum Gasteiger partial charge on any atom is 0.254 e. The number of amides is 1. The van der Waals surface area contributed by atoms with Crippen molar-refractivity contribution in [2.75, 3.05) is 26.3 Å². The molecule has 0 bridgehead atoms. The van der Waals surface area contributed by atoms with Crippen molar-refractivity contribution in [1.82, 2.24) is 4.90 Å². The summed E-state index contributed by atoms with van der Waals surface area (Å²) in [4.78, 5) is 14.1. The van der Waals surface area contributed by atoms with Crippen LogP contribution in [0.2, 0.25) is 0 Å². The average molecular weight is 261 g/mol. The van der Waals surface area contributed by atoms with Gasteiger partial charge in [-0.1, -0.05) is 32.9 Å². The van der Waals surface area contributed by atoms with Gasteiger partial charge in [0.25, 0.3) is 5.91 Å². The molecule has 1 aliphatic rings. The molecule has 1 amide bonds. The van der Waals surface area contributed by atoms with Gasteiger partial charge in [-0.25, -0.2) is 0 Å². The SMILES string of the molecule is CC(C)(C)Cc1ccc(C(=O)N2CCOCC2)cc1. The molecule has 2 rings (SSSR count). The zero-order valence-corrected chi connectivity index (χ0v) is 12.1. The first-order valence-electron chi connectivity index (χ1n) is 6.92. The maximum atomic E-state index is 12.3. The van der Waals surface area contributed by atoms with Crippen molar-refractivity contribution in [2.24, 2.45) is 5.41 Å². The summed E-state index contributed by atoms with van der Waals surface area (Å²) in [7, 11) is 0. The molecule has 19 heavy (non-hydrogen) atoms. The Morgan fingerprint density at radius 3 is 2.26 bits per heavy atom. The van der Waals surface area contributed by atoms with Crippen molar-refractivity contribution in [3.05, 3.63) is 35.4 Å². The van der Waals surface area contributed by atoms with E-state index in [0.29, 0.717) is 26.3 Å². The number of nitrogens with zero attached hydrogens (tertiary/aromatic N) is 1. The number of carbonyl (C=O) groups excluding carboxylic acids is 1. The molecule has 1 aliphatic heterocycles. The molecule has 1 heterocycles. The lowest BCUT2D eigenvalue weighted by molar-refractivity contribution is 0.0303. The predicted molar refractivity (Wildman–Crippen MR) is 76.3 cm³/mol. The van der Waals surface area contributed by atoms with Gasteiger partial charge in [0.05, 0.1) is 13.2 Å². The fraction of sp³-hybridized carbons (Fsp3) is 0.562. The van der Waals surface area contributed by atoms with Gasteiger partial charge < -0.3 is 9.64 Å². The standard InChI is InChI=1S/C16H23NO2/c1-16(2,3)12-13-4-6-14(7-5-13)15(18)17-8-10-19-11-9-17/h4-7H,8-12H2,1-3H3. The largest absolute Gasteiger partial charge is 0.378 e. The van der Waals surface area contributed by atoms with E-state index in [1.54, 1.807) is 0 Å². The van der Waals surface area contributed by atoms with E-state index >= 15 is 0 Å². The molecule has 0 aromatic heterocycles. The monoisotopic (exact) mass is 261 g/mol. The van der Waals surface area contributed by atoms with Gasteiger partial charge in [0.15, 0.2) is 0 Å². The molecule has 0 atom stereocenters. The van der Waals surface area contributed by atoms with Gasteiger partial charge in [0.1, 0.15) is 0 Å². The van der Waals surface area contributed by atoms with Crippen LogP contribution in [0.3, 0.4) is 0 Å². The van der Waals surface area contributed by atoms with Crippen molar-refractivity contribution in [1.29, 1.82) is 0 Å². The number of hydrogen-bond acceptors (Lipinski definition) is 2. The normalized spacial score (nSPS) is 16.5. The number of rotatable bonds is 2. The summed E-state index contributed by atoms with van der Waals surface area (Å²) in [5.74, 6) is 0.116. The molecule has 1 saturated heterocycles. The minimum absolute atomic E-state index is 0.116. The van der Waals surface area contributed by atoms with E-state index in [2.05, 4.69) is 32.9 Å². The number of benzene rings is 1. The summed E-state index contributed by atoms with van der Waals surface area (Å²) in [5, 5.41) is 0. The number of carbonyl (C=O) groups is 1. The average Bonchev–Trinajstić information content (AvgIpc) is 2.38. The Labute approximate surface area is 115 Å². The topological polar surface area (TPSA) is 29.5 Å². The van der Waals surface area contributed by atoms with Gasteiger partial charge in [-0.15, -0.1) is 0 Å². The van der Waals surface area contributed by atoms with Crippen LogP contribution in [-0.2, 0) is 11.2 Å². The highest BCUT2D eigenvalue weighted by Crippen LogP contribution is 2.21. The zero-order chi connectivity index (χ0) is 13.9. The second-order valence-corrected chi connectivity index (χ2v) is 6.34. The number of morpholine rings is 1. The fourth-order valence-corrected chi connectivity index (χ4v) is 2.33. The Hall–Kier alpha value is -1.35. The molecule has 0 unspecified atom stereocenters. The highest BCUT2D eigenvalue weighted by Gasteiger charge is 2.18. The molecular weight excluding hydrogens is 238 g/mol. The van der Waals surface area contributed by atoms with Gasteiger partial charge in [0.2, 0.25) is 0 Å². The third-order valence-electron chi connectivity index (χ3n) is 3.23. The highest BCUT2D eigenvalue weighted by atomic mass is 16.5. The third kappa shape index (κ3) is 4.06. The van der Waals surface area contributed by atoms with Crippen molar-refractivity contribution in [3.8, 4) is 0 Å². The van der Waals surface area contributed by atoms with E-state index in [1.807, 2.05) is 17.0 Å². The lowest BCUT2D eigenvalue weighted by atomic mass is 9.88. The smallest absolute Gasteiger partial charge is 0.254 e. The van der Waals surface area contributed by atoms with Crippen LogP contribution < -0.4 is 0 Å². The molecule has 1 aromatic carbocycles. The highest BCUT2D eigenvalue weighted by molar-refractivity contribution is 5.94. The van der Waals surface area contributed by atoms with Crippen LogP contribution >= 0.6 is 0 Å². The lowest BCUT2D eigenvalue weighted by Gasteiger charge is -2.27. The summed E-state index contributed by atoms with van der Waals surface area (Å²) in [6, 6.07) is 8.02. The Balaban J connectivity index is 2.03. The summed E-state index contributed by atoms with van der Waals surface area (Å²) in [5.41, 5.74) is 2.33. The predicted octanol–water partition coefficient (Wildman–Crippen LogP) is 2.75. The van der Waals surface area contributed by atoms with Crippen LogP contribution in [0.4, 0.5) is 0 Å². The Morgan fingerprint density at radius 2 is 1.74 bits per heavy atom. The minimum atomic E-state index is 0.116. The Morgan fingerprint density at radius 1 is 1.16 bits per heavy atom. The second kappa shape index (κ2) is 5.74. The molecule has 104 valence electrons. The third-order valence-corrected chi connectivity index (χ3v) is 3.23. The summed E-state index contributed by atoms with van der Waals surface area (Å²) in [6.45, 7) is 9.35. The van der Waals surface area contributed by atoms with Crippen LogP contribution in [0, 0.1) is 5.41 Å². The van der Waals surface area contributed by atoms with Gasteiger partial charge in [0, 0.05) is 18.7 Å². The van der Waals surface area contributed by atoms with E-state index in [-0.39, 0.29) is 11.3 Å². The van der Waals surface area contributed by atoms with Crippen LogP contribution in [0.1, 0.15) is 36.7 Å². The van der Waals surface area contributed by atoms with Gasteiger partial charge in [-0.3, -0.25) is 4.79 Å². The zero-order valence-electron chi connectivity index (χ0n) is 12.1. The Bertz CT molecular complexity index is 425. The summed E-state index contributed by atoms with van der Waals surface area (Å²) >= 11 is 0. The van der Waals surface area contributed by atoms with E-state index in [1.165, 1.54) is 5.56 Å². The molecule has 0 spiro atoms. The molecule has 3 nitrogen and oxygen atoms in total. The van der Waals surface area contributed by atoms with Crippen molar-refractivity contribution in [2.45, 2.75) is 27.2 Å². The van der Waals surface area contributed by atoms with Crippen LogP contribution in [0.25, 0.3) is 0 Å².